The van der Waals surface area contributed by atoms with Crippen LogP contribution in [0, 0.1) is 0 Å². The molecule has 0 spiro atoms. The molecule has 6 nitrogen and oxygen atoms in total. The van der Waals surface area contributed by atoms with Crippen LogP contribution in [0.3, 0.4) is 0 Å². The first-order chi connectivity index (χ1) is 6.50. The second-order valence-corrected chi connectivity index (χ2v) is 4.82. The molecular weight excluding hydrogens is 207 g/mol. The summed E-state index contributed by atoms with van der Waals surface area (Å²) in [4.78, 5) is 29.8. The van der Waals surface area contributed by atoms with E-state index in [9.17, 15) is 9.36 Å². The number of carbonyl (C=O) groups excluding carboxylic acids is 1. The van der Waals surface area contributed by atoms with Gasteiger partial charge in [0.25, 0.3) is 0 Å². The number of likely N-dealkylation sites (tertiary alicyclic amines) is 1. The van der Waals surface area contributed by atoms with Gasteiger partial charge in [-0.15, -0.1) is 0 Å². The molecule has 0 aromatic rings. The maximum absolute atomic E-state index is 10.7. The van der Waals surface area contributed by atoms with Crippen molar-refractivity contribution in [1.82, 2.24) is 10.2 Å². The summed E-state index contributed by atoms with van der Waals surface area (Å²) in [6, 6.07) is 0. The first kappa shape index (κ1) is 11.7. The molecule has 1 heterocycles. The Morgan fingerprint density at radius 2 is 1.93 bits per heavy atom. The Labute approximate surface area is 82.4 Å². The average Bonchev–Trinajstić information content (AvgIpc) is 2.55. The van der Waals surface area contributed by atoms with E-state index in [-0.39, 0.29) is 0 Å². The Morgan fingerprint density at radius 3 is 2.43 bits per heavy atom. The minimum Gasteiger partial charge on any atom is -0.344 e. The van der Waals surface area contributed by atoms with Gasteiger partial charge in [-0.25, -0.2) is 4.57 Å². The third-order valence-corrected chi connectivity index (χ3v) is 2.85. The van der Waals surface area contributed by atoms with Crippen molar-refractivity contribution in [2.75, 3.05) is 26.2 Å². The van der Waals surface area contributed by atoms with Gasteiger partial charge in [0, 0.05) is 13.1 Å². The number of rotatable bonds is 4. The molecule has 0 unspecified atom stereocenters. The van der Waals surface area contributed by atoms with Gasteiger partial charge in [-0.1, -0.05) is 0 Å². The summed E-state index contributed by atoms with van der Waals surface area (Å²) in [5, 5.41) is 2.21. The maximum Gasteiger partial charge on any atom is 0.413 e. The van der Waals surface area contributed by atoms with Crippen molar-refractivity contribution in [3.63, 3.8) is 0 Å². The SMILES string of the molecule is O=C(NCCN1CCCC1)P(=O)(O)O. The first-order valence-electron chi connectivity index (χ1n) is 4.56. The molecule has 0 bridgehead atoms. The van der Waals surface area contributed by atoms with Crippen LogP contribution in [0.15, 0.2) is 0 Å². The molecule has 1 saturated heterocycles. The zero-order valence-corrected chi connectivity index (χ0v) is 8.74. The van der Waals surface area contributed by atoms with Crippen LogP contribution < -0.4 is 5.32 Å². The second-order valence-electron chi connectivity index (χ2n) is 3.32. The van der Waals surface area contributed by atoms with Gasteiger partial charge < -0.3 is 20.0 Å². The molecule has 0 aromatic carbocycles. The van der Waals surface area contributed by atoms with E-state index in [4.69, 9.17) is 9.79 Å². The third kappa shape index (κ3) is 3.75. The Hall–Kier alpha value is -0.420. The van der Waals surface area contributed by atoms with Crippen molar-refractivity contribution < 1.29 is 19.1 Å². The highest BCUT2D eigenvalue weighted by Crippen LogP contribution is 2.34. The van der Waals surface area contributed by atoms with E-state index in [0.29, 0.717) is 13.1 Å². The van der Waals surface area contributed by atoms with Crippen LogP contribution in [-0.2, 0) is 4.57 Å². The van der Waals surface area contributed by atoms with Crippen molar-refractivity contribution in [3.05, 3.63) is 0 Å². The highest BCUT2D eigenvalue weighted by Gasteiger charge is 2.25. The summed E-state index contributed by atoms with van der Waals surface area (Å²) in [5.74, 6) is 0. The first-order valence-corrected chi connectivity index (χ1v) is 6.17. The van der Waals surface area contributed by atoms with Gasteiger partial charge >= 0.3 is 13.2 Å². The molecule has 0 atom stereocenters. The van der Waals surface area contributed by atoms with Crippen molar-refractivity contribution in [2.45, 2.75) is 12.8 Å². The van der Waals surface area contributed by atoms with Crippen molar-refractivity contribution >= 4 is 13.2 Å². The van der Waals surface area contributed by atoms with Crippen LogP contribution in [0.5, 0.6) is 0 Å². The zero-order valence-electron chi connectivity index (χ0n) is 7.85. The molecule has 7 heteroatoms. The van der Waals surface area contributed by atoms with Gasteiger partial charge in [0.15, 0.2) is 0 Å². The Morgan fingerprint density at radius 1 is 1.36 bits per heavy atom. The highest BCUT2D eigenvalue weighted by molar-refractivity contribution is 7.69. The van der Waals surface area contributed by atoms with E-state index in [0.717, 1.165) is 25.9 Å². The molecular formula is C7H15N2O4P. The summed E-state index contributed by atoms with van der Waals surface area (Å²) in [6.07, 6.45) is 2.32. The lowest BCUT2D eigenvalue weighted by Crippen LogP contribution is -2.32. The molecule has 0 aliphatic carbocycles. The van der Waals surface area contributed by atoms with Crippen LogP contribution in [0.4, 0.5) is 4.79 Å². The quantitative estimate of drug-likeness (QED) is 0.581. The predicted molar refractivity (Wildman–Crippen MR) is 51.1 cm³/mol. The van der Waals surface area contributed by atoms with E-state index in [1.807, 2.05) is 0 Å². The van der Waals surface area contributed by atoms with Crippen molar-refractivity contribution in [1.29, 1.82) is 0 Å². The molecule has 1 aliphatic heterocycles. The molecule has 82 valence electrons. The van der Waals surface area contributed by atoms with Crippen LogP contribution in [0.1, 0.15) is 12.8 Å². The molecule has 1 fully saturated rings. The summed E-state index contributed by atoms with van der Waals surface area (Å²) >= 11 is 0. The summed E-state index contributed by atoms with van der Waals surface area (Å²) in [6.45, 7) is 2.97. The lowest BCUT2D eigenvalue weighted by Gasteiger charge is -2.14. The van der Waals surface area contributed by atoms with E-state index < -0.39 is 13.2 Å². The van der Waals surface area contributed by atoms with Gasteiger partial charge in [-0.05, 0) is 25.9 Å². The molecule has 0 radical (unpaired) electrons. The molecule has 1 rings (SSSR count). The van der Waals surface area contributed by atoms with Crippen LogP contribution in [0.2, 0.25) is 0 Å². The number of hydrogen-bond donors (Lipinski definition) is 3. The van der Waals surface area contributed by atoms with Gasteiger partial charge in [0.2, 0.25) is 0 Å². The van der Waals surface area contributed by atoms with Gasteiger partial charge in [0.1, 0.15) is 0 Å². The molecule has 1 aliphatic rings. The fourth-order valence-electron chi connectivity index (χ4n) is 1.43. The number of carbonyl (C=O) groups is 1. The molecule has 0 saturated carbocycles. The van der Waals surface area contributed by atoms with Crippen LogP contribution >= 0.6 is 7.60 Å². The fraction of sp³-hybridized carbons (Fsp3) is 0.857. The molecule has 3 N–H and O–H groups in total. The molecule has 0 aromatic heterocycles. The summed E-state index contributed by atoms with van der Waals surface area (Å²) < 4.78 is 10.4. The smallest absolute Gasteiger partial charge is 0.344 e. The lowest BCUT2D eigenvalue weighted by atomic mass is 10.4. The topological polar surface area (TPSA) is 89.9 Å². The van der Waals surface area contributed by atoms with Crippen molar-refractivity contribution in [2.24, 2.45) is 0 Å². The Bertz CT molecular complexity index is 246. The average molecular weight is 222 g/mol. The van der Waals surface area contributed by atoms with Gasteiger partial charge in [0.05, 0.1) is 0 Å². The minimum atomic E-state index is -4.59. The van der Waals surface area contributed by atoms with E-state index >= 15 is 0 Å². The number of hydrogen-bond acceptors (Lipinski definition) is 3. The normalized spacial score (nSPS) is 18.4. The summed E-state index contributed by atoms with van der Waals surface area (Å²) in [7, 11) is -4.59. The summed E-state index contributed by atoms with van der Waals surface area (Å²) in [5.41, 5.74) is -1.18. The third-order valence-electron chi connectivity index (χ3n) is 2.17. The Kier molecular flexibility index (Phi) is 4.07. The van der Waals surface area contributed by atoms with Crippen LogP contribution in [0.25, 0.3) is 0 Å². The maximum atomic E-state index is 10.7. The van der Waals surface area contributed by atoms with Crippen molar-refractivity contribution in [3.8, 4) is 0 Å². The molecule has 1 amide bonds. The highest BCUT2D eigenvalue weighted by atomic mass is 31.2. The number of nitrogens with zero attached hydrogens (tertiary/aromatic N) is 1. The number of amides is 1. The lowest BCUT2D eigenvalue weighted by molar-refractivity contribution is 0.246. The largest absolute Gasteiger partial charge is 0.413 e. The fourth-order valence-corrected chi connectivity index (χ4v) is 1.75. The Balaban J connectivity index is 2.14. The number of nitrogens with one attached hydrogen (secondary N) is 1. The second kappa shape index (κ2) is 4.89. The van der Waals surface area contributed by atoms with E-state index in [1.54, 1.807) is 0 Å². The van der Waals surface area contributed by atoms with E-state index in [2.05, 4.69) is 10.2 Å². The minimum absolute atomic E-state index is 0.296. The monoisotopic (exact) mass is 222 g/mol. The molecule has 14 heavy (non-hydrogen) atoms. The standard InChI is InChI=1S/C7H15N2O4P/c10-7(14(11,12)13)8-3-6-9-4-1-2-5-9/h1-6H2,(H,8,10)(H2,11,12,13). The van der Waals surface area contributed by atoms with Crippen LogP contribution in [-0.4, -0.2) is 46.5 Å². The zero-order chi connectivity index (χ0) is 10.6. The van der Waals surface area contributed by atoms with Gasteiger partial charge in [-0.3, -0.25) is 4.79 Å². The van der Waals surface area contributed by atoms with Gasteiger partial charge in [-0.2, -0.15) is 0 Å². The predicted octanol–water partition coefficient (Wildman–Crippen LogP) is -0.0305. The van der Waals surface area contributed by atoms with E-state index in [1.165, 1.54) is 0 Å².